The van der Waals surface area contributed by atoms with Crippen molar-refractivity contribution in [3.8, 4) is 0 Å². The van der Waals surface area contributed by atoms with Crippen molar-refractivity contribution >= 4 is 35.6 Å². The Morgan fingerprint density at radius 1 is 0.643 bits per heavy atom. The molecule has 28 heavy (non-hydrogen) atoms. The van der Waals surface area contributed by atoms with Crippen molar-refractivity contribution in [2.75, 3.05) is 6.61 Å². The summed E-state index contributed by atoms with van der Waals surface area (Å²) in [6.45, 7) is 2.32. The SMILES string of the molecule is CCOC1=NC2=NC(c3ccccc3)=NC3=NC(c4ccccc4)=NC(=N1)N23. The fourth-order valence-electron chi connectivity index (χ4n) is 2.89. The molecule has 136 valence electrons. The summed E-state index contributed by atoms with van der Waals surface area (Å²) in [4.78, 5) is 28.9. The molecular weight excluding hydrogens is 354 g/mol. The average Bonchev–Trinajstić information content (AvgIpc) is 2.75. The van der Waals surface area contributed by atoms with Gasteiger partial charge in [0.05, 0.1) is 6.61 Å². The van der Waals surface area contributed by atoms with Crippen LogP contribution in [0.5, 0.6) is 0 Å². The summed E-state index contributed by atoms with van der Waals surface area (Å²) in [5.74, 6) is 2.26. The molecule has 2 aromatic carbocycles. The van der Waals surface area contributed by atoms with E-state index in [0.717, 1.165) is 11.1 Å². The number of hydrogen-bond acceptors (Lipinski definition) is 8. The lowest BCUT2D eigenvalue weighted by molar-refractivity contribution is 0.321. The summed E-state index contributed by atoms with van der Waals surface area (Å²) in [5.41, 5.74) is 1.75. The van der Waals surface area contributed by atoms with Gasteiger partial charge in [-0.2, -0.15) is 30.0 Å². The van der Waals surface area contributed by atoms with Crippen molar-refractivity contribution in [3.63, 3.8) is 0 Å². The van der Waals surface area contributed by atoms with E-state index in [1.165, 1.54) is 0 Å². The lowest BCUT2D eigenvalue weighted by Gasteiger charge is -2.30. The molecule has 0 unspecified atom stereocenters. The second kappa shape index (κ2) is 6.66. The van der Waals surface area contributed by atoms with Crippen molar-refractivity contribution in [3.05, 3.63) is 71.8 Å². The summed E-state index contributed by atoms with van der Waals surface area (Å²) in [6, 6.07) is 19.6. The van der Waals surface area contributed by atoms with Gasteiger partial charge in [-0.15, -0.1) is 0 Å². The van der Waals surface area contributed by atoms with Gasteiger partial charge in [-0.1, -0.05) is 60.7 Å². The topological polar surface area (TPSA) is 86.6 Å². The molecular formula is C20H15N7O. The van der Waals surface area contributed by atoms with Gasteiger partial charge in [0.1, 0.15) is 0 Å². The highest BCUT2D eigenvalue weighted by atomic mass is 16.5. The number of guanidine groups is 3. The molecule has 0 spiro atoms. The third kappa shape index (κ3) is 2.81. The van der Waals surface area contributed by atoms with Crippen molar-refractivity contribution < 1.29 is 4.74 Å². The van der Waals surface area contributed by atoms with Crippen LogP contribution in [0, 0.1) is 0 Å². The molecule has 0 amide bonds. The van der Waals surface area contributed by atoms with E-state index in [0.29, 0.717) is 36.2 Å². The zero-order valence-corrected chi connectivity index (χ0v) is 15.0. The van der Waals surface area contributed by atoms with E-state index in [1.54, 1.807) is 4.90 Å². The molecule has 8 heteroatoms. The van der Waals surface area contributed by atoms with E-state index in [-0.39, 0.29) is 6.02 Å². The number of rotatable bonds is 3. The Bertz CT molecular complexity index is 1070. The van der Waals surface area contributed by atoms with Gasteiger partial charge in [0, 0.05) is 11.1 Å². The molecule has 0 atom stereocenters. The lowest BCUT2D eigenvalue weighted by atomic mass is 10.2. The molecule has 0 aliphatic carbocycles. The smallest absolute Gasteiger partial charge is 0.323 e. The maximum Gasteiger partial charge on any atom is 0.323 e. The third-order valence-electron chi connectivity index (χ3n) is 4.15. The summed E-state index contributed by atoms with van der Waals surface area (Å²) in [5, 5.41) is 0. The minimum absolute atomic E-state index is 0.222. The van der Waals surface area contributed by atoms with E-state index in [2.05, 4.69) is 30.0 Å². The Balaban J connectivity index is 1.67. The fraction of sp³-hybridized carbons (Fsp3) is 0.100. The highest BCUT2D eigenvalue weighted by molar-refractivity contribution is 6.32. The van der Waals surface area contributed by atoms with Gasteiger partial charge < -0.3 is 4.74 Å². The highest BCUT2D eigenvalue weighted by Gasteiger charge is 2.35. The van der Waals surface area contributed by atoms with Gasteiger partial charge in [-0.3, -0.25) is 0 Å². The minimum Gasteiger partial charge on any atom is -0.464 e. The predicted octanol–water partition coefficient (Wildman–Crippen LogP) is 2.68. The second-order valence-electron chi connectivity index (χ2n) is 6.00. The molecule has 0 fully saturated rings. The van der Waals surface area contributed by atoms with Crippen LogP contribution in [0.15, 0.2) is 90.6 Å². The van der Waals surface area contributed by atoms with E-state index in [9.17, 15) is 0 Å². The van der Waals surface area contributed by atoms with E-state index in [4.69, 9.17) is 4.74 Å². The van der Waals surface area contributed by atoms with Crippen molar-refractivity contribution in [1.29, 1.82) is 0 Å². The zero-order valence-electron chi connectivity index (χ0n) is 15.0. The molecule has 3 heterocycles. The van der Waals surface area contributed by atoms with Crippen LogP contribution in [0.25, 0.3) is 0 Å². The Morgan fingerprint density at radius 2 is 1.14 bits per heavy atom. The molecule has 5 rings (SSSR count). The Kier molecular flexibility index (Phi) is 3.86. The van der Waals surface area contributed by atoms with Gasteiger partial charge >= 0.3 is 6.02 Å². The largest absolute Gasteiger partial charge is 0.464 e. The van der Waals surface area contributed by atoms with Gasteiger partial charge in [0.25, 0.3) is 0 Å². The lowest BCUT2D eigenvalue weighted by Crippen LogP contribution is -2.48. The molecule has 3 aliphatic rings. The van der Waals surface area contributed by atoms with Crippen molar-refractivity contribution in [2.24, 2.45) is 30.0 Å². The first-order valence-electron chi connectivity index (χ1n) is 8.88. The standard InChI is InChI=1S/C20H15N7O/c1-2-28-20-25-18-23-15(13-9-5-3-6-10-13)21-17-22-16(14-11-7-4-8-12-14)24-19(26-20)27(17)18/h3-12H,2H2,1H3. The summed E-state index contributed by atoms with van der Waals surface area (Å²) in [6.07, 6.45) is 0. The number of nitrogens with zero attached hydrogens (tertiary/aromatic N) is 7. The summed E-state index contributed by atoms with van der Waals surface area (Å²) >= 11 is 0. The monoisotopic (exact) mass is 369 g/mol. The van der Waals surface area contributed by atoms with E-state index >= 15 is 0 Å². The molecule has 3 aliphatic heterocycles. The molecule has 0 radical (unpaired) electrons. The maximum absolute atomic E-state index is 5.51. The Labute approximate surface area is 161 Å². The third-order valence-corrected chi connectivity index (χ3v) is 4.15. The second-order valence-corrected chi connectivity index (χ2v) is 6.00. The van der Waals surface area contributed by atoms with Gasteiger partial charge in [-0.25, -0.2) is 4.90 Å². The van der Waals surface area contributed by atoms with Crippen LogP contribution in [-0.2, 0) is 4.74 Å². The Morgan fingerprint density at radius 3 is 1.68 bits per heavy atom. The average molecular weight is 369 g/mol. The van der Waals surface area contributed by atoms with Crippen LogP contribution in [0.2, 0.25) is 0 Å². The minimum atomic E-state index is 0.222. The normalized spacial score (nSPS) is 17.4. The molecule has 8 nitrogen and oxygen atoms in total. The molecule has 0 saturated heterocycles. The maximum atomic E-state index is 5.51. The van der Waals surface area contributed by atoms with Gasteiger partial charge in [0.2, 0.25) is 17.9 Å². The van der Waals surface area contributed by atoms with Crippen LogP contribution in [0.3, 0.4) is 0 Å². The predicted molar refractivity (Wildman–Crippen MR) is 109 cm³/mol. The van der Waals surface area contributed by atoms with E-state index in [1.807, 2.05) is 67.6 Å². The van der Waals surface area contributed by atoms with Crippen LogP contribution >= 0.6 is 0 Å². The molecule has 0 saturated carbocycles. The van der Waals surface area contributed by atoms with Gasteiger partial charge in [0.15, 0.2) is 11.7 Å². The first kappa shape index (κ1) is 16.2. The molecule has 0 N–H and O–H groups in total. The van der Waals surface area contributed by atoms with Crippen LogP contribution < -0.4 is 0 Å². The quantitative estimate of drug-likeness (QED) is 0.833. The molecule has 0 bridgehead atoms. The summed E-state index contributed by atoms with van der Waals surface area (Å²) in [7, 11) is 0. The number of aliphatic imine (C=N–C) groups is 6. The van der Waals surface area contributed by atoms with Crippen molar-refractivity contribution in [1.82, 2.24) is 4.90 Å². The van der Waals surface area contributed by atoms with Crippen LogP contribution in [0.1, 0.15) is 18.1 Å². The first-order valence-corrected chi connectivity index (χ1v) is 8.88. The van der Waals surface area contributed by atoms with Crippen LogP contribution in [0.4, 0.5) is 0 Å². The highest BCUT2D eigenvalue weighted by Crippen LogP contribution is 2.21. The van der Waals surface area contributed by atoms with Crippen molar-refractivity contribution in [2.45, 2.75) is 6.92 Å². The van der Waals surface area contributed by atoms with E-state index < -0.39 is 0 Å². The number of ether oxygens (including phenoxy) is 1. The molecule has 0 aromatic heterocycles. The first-order chi connectivity index (χ1) is 13.8. The number of benzene rings is 2. The van der Waals surface area contributed by atoms with Gasteiger partial charge in [-0.05, 0) is 6.92 Å². The summed E-state index contributed by atoms with van der Waals surface area (Å²) < 4.78 is 5.51. The number of hydrogen-bond donors (Lipinski definition) is 0. The Hall–Kier alpha value is -3.94. The van der Waals surface area contributed by atoms with Crippen LogP contribution in [-0.4, -0.2) is 47.1 Å². The fourth-order valence-corrected chi connectivity index (χ4v) is 2.89. The zero-order chi connectivity index (χ0) is 18.9. The molecule has 2 aromatic rings. The number of amidine groups is 3.